The fourth-order valence-corrected chi connectivity index (χ4v) is 4.88. The largest absolute Gasteiger partial charge is 0.381 e. The molecule has 1 aromatic carbocycles. The van der Waals surface area contributed by atoms with Gasteiger partial charge in [-0.2, -0.15) is 10.2 Å². The van der Waals surface area contributed by atoms with E-state index in [1.165, 1.54) is 23.5 Å². The van der Waals surface area contributed by atoms with Gasteiger partial charge in [0.25, 0.3) is 5.91 Å². The Labute approximate surface area is 182 Å². The average Bonchev–Trinajstić information content (AvgIpc) is 3.53. The molecule has 1 amide bonds. The number of nitrogens with zero attached hydrogens (tertiary/aromatic N) is 4. The number of nitrogens with one attached hydrogen (secondary N) is 1. The van der Waals surface area contributed by atoms with Crippen LogP contribution in [0.3, 0.4) is 0 Å². The highest BCUT2D eigenvalue weighted by Gasteiger charge is 2.20. The van der Waals surface area contributed by atoms with Crippen molar-refractivity contribution < 1.29 is 13.9 Å². The maximum atomic E-state index is 13.2. The maximum Gasteiger partial charge on any atom is 0.266 e. The van der Waals surface area contributed by atoms with Gasteiger partial charge in [0.15, 0.2) is 0 Å². The SMILES string of the molecule is Cc1nn(Cc2ccc(F)cc2)c2sc(C(=O)Nc3ccnn3C[C@H]3CCOC3)cc12. The molecule has 160 valence electrons. The van der Waals surface area contributed by atoms with Gasteiger partial charge in [0.2, 0.25) is 0 Å². The van der Waals surface area contributed by atoms with Gasteiger partial charge in [-0.05, 0) is 37.1 Å². The normalized spacial score (nSPS) is 16.3. The van der Waals surface area contributed by atoms with Gasteiger partial charge in [-0.15, -0.1) is 11.3 Å². The summed E-state index contributed by atoms with van der Waals surface area (Å²) in [6.45, 7) is 4.68. The fraction of sp³-hybridized carbons (Fsp3) is 0.318. The van der Waals surface area contributed by atoms with E-state index in [-0.39, 0.29) is 11.7 Å². The molecule has 0 radical (unpaired) electrons. The number of carbonyl (C=O) groups is 1. The molecular weight excluding hydrogens is 417 g/mol. The summed E-state index contributed by atoms with van der Waals surface area (Å²) in [7, 11) is 0. The fourth-order valence-electron chi connectivity index (χ4n) is 3.83. The Hall–Kier alpha value is -3.04. The minimum absolute atomic E-state index is 0.168. The third kappa shape index (κ3) is 4.11. The zero-order chi connectivity index (χ0) is 21.4. The molecule has 0 bridgehead atoms. The molecule has 5 rings (SSSR count). The topological polar surface area (TPSA) is 74.0 Å². The molecule has 1 fully saturated rings. The highest BCUT2D eigenvalue weighted by molar-refractivity contribution is 7.20. The maximum absolute atomic E-state index is 13.2. The van der Waals surface area contributed by atoms with Crippen LogP contribution in [0.15, 0.2) is 42.6 Å². The molecule has 1 atom stereocenters. The van der Waals surface area contributed by atoms with Crippen LogP contribution < -0.4 is 5.32 Å². The molecule has 1 aliphatic heterocycles. The van der Waals surface area contributed by atoms with Crippen LogP contribution in [0.25, 0.3) is 10.2 Å². The number of amides is 1. The van der Waals surface area contributed by atoms with E-state index in [9.17, 15) is 9.18 Å². The van der Waals surface area contributed by atoms with E-state index in [2.05, 4.69) is 15.5 Å². The molecule has 3 aromatic heterocycles. The molecule has 1 saturated heterocycles. The molecule has 0 unspecified atom stereocenters. The number of hydrogen-bond donors (Lipinski definition) is 1. The van der Waals surface area contributed by atoms with Crippen LogP contribution in [0.5, 0.6) is 0 Å². The van der Waals surface area contributed by atoms with Crippen molar-refractivity contribution >= 4 is 33.3 Å². The number of carbonyl (C=O) groups excluding carboxylic acids is 1. The Morgan fingerprint density at radius 1 is 1.29 bits per heavy atom. The molecule has 1 N–H and O–H groups in total. The first-order chi connectivity index (χ1) is 15.1. The van der Waals surface area contributed by atoms with E-state index < -0.39 is 0 Å². The van der Waals surface area contributed by atoms with E-state index in [1.807, 2.05) is 28.4 Å². The third-order valence-electron chi connectivity index (χ3n) is 5.49. The van der Waals surface area contributed by atoms with Gasteiger partial charge in [-0.1, -0.05) is 12.1 Å². The number of anilines is 1. The van der Waals surface area contributed by atoms with Crippen LogP contribution in [0.4, 0.5) is 10.2 Å². The van der Waals surface area contributed by atoms with Crippen LogP contribution in [-0.4, -0.2) is 38.7 Å². The number of thiophene rings is 1. The lowest BCUT2D eigenvalue weighted by atomic mass is 10.1. The van der Waals surface area contributed by atoms with Crippen molar-refractivity contribution in [3.05, 3.63) is 64.5 Å². The van der Waals surface area contributed by atoms with E-state index in [4.69, 9.17) is 4.74 Å². The number of fused-ring (bicyclic) bond motifs is 1. The van der Waals surface area contributed by atoms with Crippen molar-refractivity contribution in [2.24, 2.45) is 5.92 Å². The predicted octanol–water partition coefficient (Wildman–Crippen LogP) is 4.08. The number of hydrogen-bond acceptors (Lipinski definition) is 5. The molecule has 4 aromatic rings. The van der Waals surface area contributed by atoms with Crippen LogP contribution >= 0.6 is 11.3 Å². The Balaban J connectivity index is 1.35. The smallest absolute Gasteiger partial charge is 0.266 e. The first kappa shape index (κ1) is 19.9. The molecular formula is C22H22FN5O2S. The summed E-state index contributed by atoms with van der Waals surface area (Å²) in [4.78, 5) is 14.5. The standard InChI is InChI=1S/C22H22FN5O2S/c1-14-18-10-19(31-22(18)28(26-14)11-15-2-4-17(23)5-3-15)21(29)25-20-6-8-24-27(20)12-16-7-9-30-13-16/h2-6,8,10,16H,7,9,11-13H2,1H3,(H,25,29)/t16-/m1/s1. The van der Waals surface area contributed by atoms with Crippen LogP contribution in [-0.2, 0) is 17.8 Å². The summed E-state index contributed by atoms with van der Waals surface area (Å²) in [6.07, 6.45) is 2.70. The molecule has 0 saturated carbocycles. The summed E-state index contributed by atoms with van der Waals surface area (Å²) >= 11 is 1.40. The molecule has 0 aliphatic carbocycles. The average molecular weight is 440 g/mol. The summed E-state index contributed by atoms with van der Waals surface area (Å²) < 4.78 is 22.3. The van der Waals surface area contributed by atoms with Crippen molar-refractivity contribution in [1.29, 1.82) is 0 Å². The molecule has 9 heteroatoms. The van der Waals surface area contributed by atoms with Gasteiger partial charge < -0.3 is 10.1 Å². The number of aryl methyl sites for hydroxylation is 1. The summed E-state index contributed by atoms with van der Waals surface area (Å²) in [6, 6.07) is 10.1. The minimum atomic E-state index is -0.264. The number of halogens is 1. The first-order valence-corrected chi connectivity index (χ1v) is 11.0. The van der Waals surface area contributed by atoms with Gasteiger partial charge in [0.05, 0.1) is 29.9 Å². The Kier molecular flexibility index (Phi) is 5.29. The van der Waals surface area contributed by atoms with Gasteiger partial charge in [0.1, 0.15) is 16.5 Å². The highest BCUT2D eigenvalue weighted by Crippen LogP contribution is 2.29. The zero-order valence-electron chi connectivity index (χ0n) is 17.0. The quantitative estimate of drug-likeness (QED) is 0.491. The summed E-state index contributed by atoms with van der Waals surface area (Å²) in [5.74, 6) is 0.665. The van der Waals surface area contributed by atoms with Gasteiger partial charge >= 0.3 is 0 Å². The Bertz CT molecular complexity index is 1220. The third-order valence-corrected chi connectivity index (χ3v) is 6.64. The van der Waals surface area contributed by atoms with E-state index in [1.54, 1.807) is 18.3 Å². The van der Waals surface area contributed by atoms with E-state index in [0.29, 0.717) is 23.2 Å². The van der Waals surface area contributed by atoms with Crippen molar-refractivity contribution in [2.45, 2.75) is 26.4 Å². The number of ether oxygens (including phenoxy) is 1. The van der Waals surface area contributed by atoms with E-state index in [0.717, 1.165) is 47.7 Å². The number of rotatable bonds is 6. The predicted molar refractivity (Wildman–Crippen MR) is 117 cm³/mol. The second-order valence-corrected chi connectivity index (χ2v) is 8.81. The Morgan fingerprint density at radius 3 is 2.90 bits per heavy atom. The summed E-state index contributed by atoms with van der Waals surface area (Å²) in [5, 5.41) is 12.9. The lowest BCUT2D eigenvalue weighted by Crippen LogP contribution is -2.18. The molecule has 1 aliphatic rings. The minimum Gasteiger partial charge on any atom is -0.381 e. The lowest BCUT2D eigenvalue weighted by Gasteiger charge is -2.11. The summed E-state index contributed by atoms with van der Waals surface area (Å²) in [5.41, 5.74) is 1.81. The van der Waals surface area contributed by atoms with Crippen LogP contribution in [0.2, 0.25) is 0 Å². The first-order valence-electron chi connectivity index (χ1n) is 10.2. The highest BCUT2D eigenvalue weighted by atomic mass is 32.1. The zero-order valence-corrected chi connectivity index (χ0v) is 17.9. The molecule has 7 nitrogen and oxygen atoms in total. The van der Waals surface area contributed by atoms with Crippen LogP contribution in [0, 0.1) is 18.7 Å². The Morgan fingerprint density at radius 2 is 2.13 bits per heavy atom. The molecule has 31 heavy (non-hydrogen) atoms. The van der Waals surface area contributed by atoms with Crippen molar-refractivity contribution in [1.82, 2.24) is 19.6 Å². The second-order valence-electron chi connectivity index (χ2n) is 7.78. The van der Waals surface area contributed by atoms with Crippen molar-refractivity contribution in [3.8, 4) is 0 Å². The molecule has 0 spiro atoms. The van der Waals surface area contributed by atoms with E-state index >= 15 is 0 Å². The van der Waals surface area contributed by atoms with Gasteiger partial charge in [-0.3, -0.25) is 9.48 Å². The lowest BCUT2D eigenvalue weighted by molar-refractivity contribution is 0.102. The van der Waals surface area contributed by atoms with Gasteiger partial charge in [0, 0.05) is 30.5 Å². The van der Waals surface area contributed by atoms with Gasteiger partial charge in [-0.25, -0.2) is 9.07 Å². The molecule has 4 heterocycles. The second kappa shape index (κ2) is 8.24. The van der Waals surface area contributed by atoms with Crippen molar-refractivity contribution in [3.63, 3.8) is 0 Å². The van der Waals surface area contributed by atoms with Crippen LogP contribution in [0.1, 0.15) is 27.3 Å². The number of benzene rings is 1. The monoisotopic (exact) mass is 439 g/mol. The van der Waals surface area contributed by atoms with Crippen molar-refractivity contribution in [2.75, 3.05) is 18.5 Å². The number of aromatic nitrogens is 4.